The maximum Gasteiger partial charge on any atom is 0.145 e. The second-order valence-corrected chi connectivity index (χ2v) is 43.7. The van der Waals surface area contributed by atoms with Crippen LogP contribution in [0.1, 0.15) is 210 Å². The van der Waals surface area contributed by atoms with Gasteiger partial charge in [0.25, 0.3) is 0 Å². The van der Waals surface area contributed by atoms with E-state index in [-0.39, 0.29) is 39.9 Å². The van der Waals surface area contributed by atoms with Crippen LogP contribution in [0.3, 0.4) is 0 Å². The first kappa shape index (κ1) is 86.8. The van der Waals surface area contributed by atoms with Crippen LogP contribution < -0.4 is 15.1 Å². The molecule has 0 aliphatic heterocycles. The van der Waals surface area contributed by atoms with Gasteiger partial charge in [-0.3, -0.25) is 0 Å². The molecule has 0 saturated carbocycles. The molecule has 4 aliphatic carbocycles. The highest BCUT2D eigenvalue weighted by molar-refractivity contribution is 9.11. The number of hydrogen-bond donors (Lipinski definition) is 1. The fourth-order valence-electron chi connectivity index (χ4n) is 20.8. The van der Waals surface area contributed by atoms with Crippen LogP contribution in [0.15, 0.2) is 357 Å². The molecule has 2 spiro atoms. The van der Waals surface area contributed by atoms with Crippen LogP contribution >= 0.6 is 31.9 Å². The van der Waals surface area contributed by atoms with E-state index in [9.17, 15) is 0 Å². The second kappa shape index (κ2) is 32.0. The molecule has 1 N–H and O–H groups in total. The van der Waals surface area contributed by atoms with Gasteiger partial charge < -0.3 is 24.0 Å². The lowest BCUT2D eigenvalue weighted by atomic mass is 9.70. The molecule has 7 heteroatoms. The van der Waals surface area contributed by atoms with Gasteiger partial charge in [-0.25, -0.2) is 0 Å². The number of rotatable bonds is 8. The number of halogens is 2. The lowest BCUT2D eigenvalue weighted by Gasteiger charge is -2.34. The number of para-hydroxylation sites is 2. The summed E-state index contributed by atoms with van der Waals surface area (Å²) in [6.07, 6.45) is 0. The Balaban J connectivity index is 0.000000159. The number of fused-ring (bicyclic) bond motifs is 28. The van der Waals surface area contributed by atoms with Crippen molar-refractivity contribution in [1.29, 1.82) is 0 Å². The SMILES string of the molecule is Brc1ccc2c(c1)C1(c3ccccc3-c3ccccc31)c1cc(Br)c3c(oc4ccccc43)c1-2.C.CC(C)(C)c1ccc(N(c2ccc(C(C)(C)C)cc2)c2ccc3c(c2)C2(c4ccccc4-c4ccccc42)c2cc(N(c4ccc(C(C)(C)C)cc4)c4ccc(C(C)(C)C)cc4)c4c(oc5ccccc54)c2-3)cc1.CC(C)(C)c1ccc(Nc2ccc(C(C)(C)C)cc2)cc1. The minimum atomic E-state index is -0.689. The van der Waals surface area contributed by atoms with Gasteiger partial charge in [0.15, 0.2) is 0 Å². The van der Waals surface area contributed by atoms with Crippen LogP contribution in [-0.2, 0) is 43.3 Å². The van der Waals surface area contributed by atoms with E-state index in [0.717, 1.165) is 104 Å². The molecule has 4 aliphatic rings. The highest BCUT2D eigenvalue weighted by Crippen LogP contribution is 2.68. The maximum atomic E-state index is 7.38. The molecule has 0 radical (unpaired) electrons. The summed E-state index contributed by atoms with van der Waals surface area (Å²) < 4.78 is 16.1. The normalized spacial score (nSPS) is 13.6. The fraction of sp³-hybridized carbons (Fsp3) is 0.220. The Bertz CT molecular complexity index is 7170. The molecule has 0 unspecified atom stereocenters. The lowest BCUT2D eigenvalue weighted by molar-refractivity contribution is 0.590. The number of nitrogens with zero attached hydrogens (tertiary/aromatic N) is 2. The van der Waals surface area contributed by atoms with E-state index in [1.54, 1.807) is 0 Å². The van der Waals surface area contributed by atoms with Crippen molar-refractivity contribution >= 4 is 121 Å². The van der Waals surface area contributed by atoms with E-state index in [1.165, 1.54) is 117 Å². The minimum Gasteiger partial charge on any atom is -0.455 e. The lowest BCUT2D eigenvalue weighted by Crippen LogP contribution is -2.26. The highest BCUT2D eigenvalue weighted by atomic mass is 79.9. The summed E-state index contributed by atoms with van der Waals surface area (Å²) in [6, 6.07) is 126. The molecule has 18 aromatic rings. The summed E-state index contributed by atoms with van der Waals surface area (Å²) in [6.45, 7) is 40.9. The Morgan fingerprint density at radius 2 is 0.546 bits per heavy atom. The maximum absolute atomic E-state index is 7.38. The Kier molecular flexibility index (Phi) is 21.3. The third-order valence-corrected chi connectivity index (χ3v) is 28.6. The van der Waals surface area contributed by atoms with Gasteiger partial charge in [-0.15, -0.1) is 0 Å². The zero-order chi connectivity index (χ0) is 90.0. The summed E-state index contributed by atoms with van der Waals surface area (Å²) in [5.41, 5.74) is 40.0. The van der Waals surface area contributed by atoms with Gasteiger partial charge in [0, 0.05) is 76.0 Å². The monoisotopic (exact) mass is 1820 g/mol. The first-order valence-electron chi connectivity index (χ1n) is 45.6. The molecule has 5 nitrogen and oxygen atoms in total. The van der Waals surface area contributed by atoms with Crippen LogP contribution in [0.25, 0.3) is 88.4 Å². The zero-order valence-corrected chi connectivity index (χ0v) is 80.5. The quantitative estimate of drug-likeness (QED) is 0.164. The predicted molar refractivity (Wildman–Crippen MR) is 560 cm³/mol. The number of furan rings is 2. The van der Waals surface area contributed by atoms with Gasteiger partial charge in [0.1, 0.15) is 22.3 Å². The van der Waals surface area contributed by atoms with Crippen LogP contribution in [-0.4, -0.2) is 0 Å². The third-order valence-electron chi connectivity index (χ3n) is 27.5. The number of nitrogens with one attached hydrogen (secondary N) is 1. The standard InChI is InChI=1S/C71H68N2O.C31H16Br2O.C20H27N.CH4/c1-67(2,3)45-25-33-49(34-26-45)72(50-35-27-46(28-36-50)68(4,5)6)53-41-42-56-60(43-53)71(58-22-16-13-19-54(58)55-20-14-17-23-59(55)71)61-44-62(65-57-21-15-18-24-63(57)74-66(65)64(56)61)73(51-37-29-47(30-38-51)69(7,8)9)52-39-31-48(32-40-52)70(10,11)12;32-17-13-14-20-24(15-17)31(22-10-4-1-7-18(22)19-8-2-5-11-23(19)31)25-16-26(33)29-21-9-3-6-12-27(21)34-30(29)28(20)25;1-19(2,3)15-7-11-17(12-8-15)21-18-13-9-16(10-14-18)20(4,5)6;/h13-44H,1-12H3;1-16H;7-14,21H,1-6H3;1H4. The number of anilines is 8. The molecule has 2 heterocycles. The number of hydrogen-bond acceptors (Lipinski definition) is 5. The van der Waals surface area contributed by atoms with Gasteiger partial charge in [-0.2, -0.15) is 0 Å². The fourth-order valence-corrected chi connectivity index (χ4v) is 21.8. The van der Waals surface area contributed by atoms with Gasteiger partial charge >= 0.3 is 0 Å². The average molecular weight is 1830 g/mol. The molecule has 648 valence electrons. The number of benzene rings is 16. The Hall–Kier alpha value is -12.5. The van der Waals surface area contributed by atoms with E-state index < -0.39 is 10.8 Å². The molecule has 22 rings (SSSR count). The van der Waals surface area contributed by atoms with Gasteiger partial charge in [0.2, 0.25) is 0 Å². The Morgan fingerprint density at radius 3 is 0.915 bits per heavy atom. The second-order valence-electron chi connectivity index (χ2n) is 41.9. The highest BCUT2D eigenvalue weighted by Gasteiger charge is 2.55. The summed E-state index contributed by atoms with van der Waals surface area (Å²) >= 11 is 7.73. The van der Waals surface area contributed by atoms with E-state index in [1.807, 2.05) is 6.07 Å². The largest absolute Gasteiger partial charge is 0.455 e. The van der Waals surface area contributed by atoms with E-state index >= 15 is 0 Å². The van der Waals surface area contributed by atoms with Crippen molar-refractivity contribution < 1.29 is 8.83 Å². The van der Waals surface area contributed by atoms with Gasteiger partial charge in [-0.05, 0) is 265 Å². The molecule has 16 aromatic carbocycles. The summed E-state index contributed by atoms with van der Waals surface area (Å²) in [5, 5.41) is 7.94. The summed E-state index contributed by atoms with van der Waals surface area (Å²) in [4.78, 5) is 4.94. The van der Waals surface area contributed by atoms with Crippen molar-refractivity contribution in [2.75, 3.05) is 15.1 Å². The molecule has 0 fully saturated rings. The molecule has 0 bridgehead atoms. The molecule has 2 aromatic heterocycles. The van der Waals surface area contributed by atoms with Crippen LogP contribution in [0.4, 0.5) is 45.5 Å². The topological polar surface area (TPSA) is 44.8 Å². The van der Waals surface area contributed by atoms with Crippen molar-refractivity contribution in [2.24, 2.45) is 0 Å². The van der Waals surface area contributed by atoms with Crippen molar-refractivity contribution in [3.8, 4) is 44.5 Å². The van der Waals surface area contributed by atoms with E-state index in [2.05, 4.69) is 505 Å². The summed E-state index contributed by atoms with van der Waals surface area (Å²) in [5.74, 6) is 0. The van der Waals surface area contributed by atoms with E-state index in [4.69, 9.17) is 8.83 Å². The van der Waals surface area contributed by atoms with Crippen LogP contribution in [0.2, 0.25) is 0 Å². The molecule has 0 amide bonds. The first-order valence-corrected chi connectivity index (χ1v) is 47.1. The molecule has 0 saturated heterocycles. The molecular weight excluding hydrogens is 1710 g/mol. The van der Waals surface area contributed by atoms with Crippen molar-refractivity contribution in [3.05, 3.63) is 427 Å². The minimum absolute atomic E-state index is 0. The Morgan fingerprint density at radius 1 is 0.254 bits per heavy atom. The molecule has 0 atom stereocenters. The molecule has 130 heavy (non-hydrogen) atoms. The Labute approximate surface area is 785 Å². The predicted octanol–water partition coefficient (Wildman–Crippen LogP) is 36.2. The average Bonchev–Trinajstić information content (AvgIpc) is 1.50. The van der Waals surface area contributed by atoms with E-state index in [0.29, 0.717) is 0 Å². The van der Waals surface area contributed by atoms with Crippen molar-refractivity contribution in [1.82, 2.24) is 0 Å². The van der Waals surface area contributed by atoms with Crippen LogP contribution in [0, 0.1) is 0 Å². The third kappa shape index (κ3) is 14.5. The van der Waals surface area contributed by atoms with Crippen molar-refractivity contribution in [3.63, 3.8) is 0 Å². The first-order chi connectivity index (χ1) is 61.6. The molecular formula is C123H115Br2N3O2. The summed E-state index contributed by atoms with van der Waals surface area (Å²) in [7, 11) is 0. The zero-order valence-electron chi connectivity index (χ0n) is 77.3. The van der Waals surface area contributed by atoms with Crippen LogP contribution in [0.5, 0.6) is 0 Å². The van der Waals surface area contributed by atoms with Crippen molar-refractivity contribution in [2.45, 2.75) is 175 Å². The smallest absolute Gasteiger partial charge is 0.145 e. The van der Waals surface area contributed by atoms with Gasteiger partial charge in [-0.1, -0.05) is 382 Å². The van der Waals surface area contributed by atoms with Gasteiger partial charge in [0.05, 0.1) is 21.9 Å².